The van der Waals surface area contributed by atoms with Gasteiger partial charge < -0.3 is 29.1 Å². The molecule has 0 rings (SSSR count). The molecule has 0 saturated carbocycles. The maximum atomic E-state index is 10.5. The molecule has 0 saturated heterocycles. The summed E-state index contributed by atoms with van der Waals surface area (Å²) in [5.74, 6) is -1.07. The van der Waals surface area contributed by atoms with Crippen LogP contribution in [-0.4, -0.2) is 35.3 Å². The van der Waals surface area contributed by atoms with E-state index in [-0.39, 0.29) is 0 Å². The van der Waals surface area contributed by atoms with Crippen molar-refractivity contribution in [2.24, 2.45) is 0 Å². The zero-order valence-corrected chi connectivity index (χ0v) is 6.77. The van der Waals surface area contributed by atoms with Crippen molar-refractivity contribution in [2.75, 3.05) is 13.2 Å². The van der Waals surface area contributed by atoms with Crippen LogP contribution in [0.2, 0.25) is 0 Å². The maximum Gasteiger partial charge on any atom is 0.189 e. The van der Waals surface area contributed by atoms with Gasteiger partial charge in [0.15, 0.2) is 5.78 Å². The van der Waals surface area contributed by atoms with E-state index in [4.69, 9.17) is 10.2 Å². The molecule has 7 nitrogen and oxygen atoms in total. The largest absolute Gasteiger partial charge is 0.790 e. The Morgan fingerprint density at radius 3 is 2.42 bits per heavy atom. The third-order valence-corrected chi connectivity index (χ3v) is 1.35. The lowest BCUT2D eigenvalue weighted by Crippen LogP contribution is -2.29. The highest BCUT2D eigenvalue weighted by Gasteiger charge is 2.13. The van der Waals surface area contributed by atoms with E-state index < -0.39 is 32.9 Å². The predicted molar refractivity (Wildman–Crippen MR) is 31.7 cm³/mol. The Kier molecular flexibility index (Phi) is 4.54. The zero-order chi connectivity index (χ0) is 9.78. The number of rotatable bonds is 5. The van der Waals surface area contributed by atoms with Gasteiger partial charge in [0, 0.05) is 0 Å². The summed E-state index contributed by atoms with van der Waals surface area (Å²) >= 11 is 0. The molecule has 72 valence electrons. The number of phosphoric ester groups is 1. The van der Waals surface area contributed by atoms with Gasteiger partial charge in [0.2, 0.25) is 0 Å². The molecule has 0 radical (unpaired) electrons. The summed E-state index contributed by atoms with van der Waals surface area (Å²) in [6.45, 7) is -1.89. The highest BCUT2D eigenvalue weighted by Crippen LogP contribution is 2.23. The molecular formula is C4H7O7P-2. The second kappa shape index (κ2) is 4.66. The van der Waals surface area contributed by atoms with E-state index in [0.717, 1.165) is 0 Å². The molecule has 0 amide bonds. The summed E-state index contributed by atoms with van der Waals surface area (Å²) in [5.41, 5.74) is 0. The molecule has 12 heavy (non-hydrogen) atoms. The second-order valence-electron chi connectivity index (χ2n) is 1.89. The van der Waals surface area contributed by atoms with Gasteiger partial charge in [-0.15, -0.1) is 0 Å². The average Bonchev–Trinajstić information content (AvgIpc) is 1.97. The van der Waals surface area contributed by atoms with Crippen molar-refractivity contribution < 1.29 is 33.9 Å². The highest BCUT2D eigenvalue weighted by molar-refractivity contribution is 7.43. The van der Waals surface area contributed by atoms with Crippen molar-refractivity contribution >= 4 is 13.6 Å². The monoisotopic (exact) mass is 198 g/mol. The van der Waals surface area contributed by atoms with Crippen LogP contribution in [0.5, 0.6) is 0 Å². The van der Waals surface area contributed by atoms with Crippen molar-refractivity contribution in [3.63, 3.8) is 0 Å². The van der Waals surface area contributed by atoms with E-state index in [1.807, 2.05) is 0 Å². The molecule has 0 aromatic rings. The van der Waals surface area contributed by atoms with Crippen LogP contribution in [0.4, 0.5) is 0 Å². The molecule has 1 atom stereocenters. The molecule has 0 aliphatic rings. The van der Waals surface area contributed by atoms with Gasteiger partial charge in [0.25, 0.3) is 0 Å². The first-order valence-electron chi connectivity index (χ1n) is 2.85. The van der Waals surface area contributed by atoms with Gasteiger partial charge in [0.05, 0.1) is 14.4 Å². The molecule has 8 heteroatoms. The smallest absolute Gasteiger partial charge is 0.189 e. The van der Waals surface area contributed by atoms with E-state index in [0.29, 0.717) is 0 Å². The third-order valence-electron chi connectivity index (χ3n) is 0.910. The third kappa shape index (κ3) is 5.36. The molecule has 1 unspecified atom stereocenters. The number of ketones is 1. The van der Waals surface area contributed by atoms with Gasteiger partial charge in [-0.2, -0.15) is 0 Å². The Morgan fingerprint density at radius 2 is 2.08 bits per heavy atom. The first-order valence-corrected chi connectivity index (χ1v) is 4.31. The Labute approximate surface area is 67.8 Å². The first kappa shape index (κ1) is 11.7. The molecule has 0 heterocycles. The van der Waals surface area contributed by atoms with E-state index >= 15 is 0 Å². The lowest BCUT2D eigenvalue weighted by atomic mass is 10.3. The Bertz CT molecular complexity index is 196. The SMILES string of the molecule is O=C(COP(=O)([O-])[O-])C(O)CO. The normalized spacial score (nSPS) is 14.3. The van der Waals surface area contributed by atoms with Gasteiger partial charge in [-0.25, -0.2) is 0 Å². The fourth-order valence-corrected chi connectivity index (χ4v) is 0.626. The van der Waals surface area contributed by atoms with Crippen LogP contribution < -0.4 is 9.79 Å². The number of hydrogen-bond donors (Lipinski definition) is 2. The van der Waals surface area contributed by atoms with Gasteiger partial charge in [-0.1, -0.05) is 0 Å². The van der Waals surface area contributed by atoms with Crippen LogP contribution in [0.15, 0.2) is 0 Å². The standard InChI is InChI=1S/C4H9O7P/c5-1-3(6)4(7)2-11-12(8,9)10/h3,5-6H,1-2H2,(H2,8,9,10)/p-2. The van der Waals surface area contributed by atoms with Gasteiger partial charge in [-0.3, -0.25) is 4.79 Å². The lowest BCUT2D eigenvalue weighted by Gasteiger charge is -2.28. The number of aliphatic hydroxyl groups excluding tert-OH is 2. The number of hydrogen-bond acceptors (Lipinski definition) is 7. The summed E-state index contributed by atoms with van der Waals surface area (Å²) < 4.78 is 13.3. The summed E-state index contributed by atoms with van der Waals surface area (Å²) in [6.07, 6.45) is -1.71. The highest BCUT2D eigenvalue weighted by atomic mass is 31.2. The molecule has 0 aliphatic heterocycles. The topological polar surface area (TPSA) is 130 Å². The average molecular weight is 198 g/mol. The molecule has 0 aromatic carbocycles. The molecule has 0 fully saturated rings. The molecule has 0 spiro atoms. The quantitative estimate of drug-likeness (QED) is 0.443. The minimum Gasteiger partial charge on any atom is -0.790 e. The molecule has 0 aliphatic carbocycles. The van der Waals surface area contributed by atoms with Crippen LogP contribution in [0, 0.1) is 0 Å². The van der Waals surface area contributed by atoms with Crippen LogP contribution in [0.1, 0.15) is 0 Å². The molecule has 2 N–H and O–H groups in total. The van der Waals surface area contributed by atoms with E-state index in [2.05, 4.69) is 4.52 Å². The van der Waals surface area contributed by atoms with Crippen molar-refractivity contribution in [2.45, 2.75) is 6.10 Å². The maximum absolute atomic E-state index is 10.5. The van der Waals surface area contributed by atoms with Gasteiger partial charge >= 0.3 is 0 Å². The number of carbonyl (C=O) groups excluding carboxylic acids is 1. The van der Waals surface area contributed by atoms with Crippen molar-refractivity contribution in [1.82, 2.24) is 0 Å². The first-order chi connectivity index (χ1) is 5.37. The van der Waals surface area contributed by atoms with Crippen molar-refractivity contribution in [1.29, 1.82) is 0 Å². The van der Waals surface area contributed by atoms with E-state index in [1.54, 1.807) is 0 Å². The fourth-order valence-electron chi connectivity index (χ4n) is 0.341. The van der Waals surface area contributed by atoms with Crippen molar-refractivity contribution in [3.05, 3.63) is 0 Å². The summed E-state index contributed by atoms with van der Waals surface area (Å²) in [4.78, 5) is 30.1. The Balaban J connectivity index is 3.80. The van der Waals surface area contributed by atoms with Crippen LogP contribution >= 0.6 is 7.82 Å². The summed E-state index contributed by atoms with van der Waals surface area (Å²) in [7, 11) is -5.18. The summed E-state index contributed by atoms with van der Waals surface area (Å²) in [5, 5.41) is 16.7. The molecule has 0 aromatic heterocycles. The molecule has 0 bridgehead atoms. The van der Waals surface area contributed by atoms with Crippen LogP contribution in [0.3, 0.4) is 0 Å². The minimum atomic E-state index is -5.18. The van der Waals surface area contributed by atoms with Crippen LogP contribution in [0.25, 0.3) is 0 Å². The zero-order valence-electron chi connectivity index (χ0n) is 5.87. The van der Waals surface area contributed by atoms with Crippen LogP contribution in [-0.2, 0) is 13.9 Å². The second-order valence-corrected chi connectivity index (χ2v) is 3.04. The van der Waals surface area contributed by atoms with Gasteiger partial charge in [0.1, 0.15) is 12.7 Å². The molecular weight excluding hydrogens is 191 g/mol. The van der Waals surface area contributed by atoms with Crippen molar-refractivity contribution in [3.8, 4) is 0 Å². The minimum absolute atomic E-state index is 0.843. The lowest BCUT2D eigenvalue weighted by molar-refractivity contribution is -0.341. The number of phosphoric acid groups is 1. The Hall–Kier alpha value is -0.300. The van der Waals surface area contributed by atoms with Gasteiger partial charge in [-0.05, 0) is 0 Å². The Morgan fingerprint density at radius 1 is 1.58 bits per heavy atom. The number of carbonyl (C=O) groups is 1. The fraction of sp³-hybridized carbons (Fsp3) is 0.750. The summed E-state index contributed by atoms with van der Waals surface area (Å²) in [6, 6.07) is 0. The van der Waals surface area contributed by atoms with E-state index in [9.17, 15) is 19.1 Å². The number of Topliss-reactive ketones (excluding diaryl/α,β-unsaturated/α-hetero) is 1. The number of aliphatic hydroxyl groups is 2. The predicted octanol–water partition coefficient (Wildman–Crippen LogP) is -3.25. The van der Waals surface area contributed by atoms with E-state index in [1.165, 1.54) is 0 Å².